The molecule has 0 aliphatic carbocycles. The Kier molecular flexibility index (Phi) is 4.96. The maximum Gasteiger partial charge on any atom is 0.318 e. The van der Waals surface area contributed by atoms with Crippen LogP contribution < -0.4 is 20.1 Å². The number of carbonyl (C=O) groups is 1. The lowest BCUT2D eigenvalue weighted by Crippen LogP contribution is -2.43. The van der Waals surface area contributed by atoms with Crippen molar-refractivity contribution in [2.24, 2.45) is 0 Å². The molecule has 0 saturated heterocycles. The second kappa shape index (κ2) is 7.50. The predicted octanol–water partition coefficient (Wildman–Crippen LogP) is 2.94. The van der Waals surface area contributed by atoms with Gasteiger partial charge in [0.15, 0.2) is 17.6 Å². The maximum absolute atomic E-state index is 12.8. The minimum absolute atomic E-state index is 0.244. The Labute approximate surface area is 139 Å². The Morgan fingerprint density at radius 1 is 1.17 bits per heavy atom. The van der Waals surface area contributed by atoms with Gasteiger partial charge in [0.05, 0.1) is 6.54 Å². The summed E-state index contributed by atoms with van der Waals surface area (Å²) >= 11 is 0. The molecule has 1 heterocycles. The second-order valence-electron chi connectivity index (χ2n) is 5.24. The molecule has 6 heteroatoms. The summed E-state index contributed by atoms with van der Waals surface area (Å²) in [6, 6.07) is 13.0. The minimum Gasteiger partial charge on any atom is -0.486 e. The van der Waals surface area contributed by atoms with E-state index in [1.54, 1.807) is 18.2 Å². The van der Waals surface area contributed by atoms with Crippen molar-refractivity contribution in [2.75, 3.05) is 13.2 Å². The standard InChI is InChI=1S/C18H17FN2O3/c19-14-7-5-13(6-8-14)9-10-20-18(22)21-11-15-12-23-16-3-1-2-4-17(16)24-15/h1-10,15H,11-12H2,(H2,20,21,22)/b10-9+. The van der Waals surface area contributed by atoms with Crippen molar-refractivity contribution < 1.29 is 18.7 Å². The van der Waals surface area contributed by atoms with Crippen LogP contribution in [0.5, 0.6) is 11.5 Å². The minimum atomic E-state index is -0.351. The summed E-state index contributed by atoms with van der Waals surface area (Å²) in [5.41, 5.74) is 0.789. The molecule has 2 N–H and O–H groups in total. The molecule has 0 aromatic heterocycles. The highest BCUT2D eigenvalue weighted by Gasteiger charge is 2.20. The number of rotatable bonds is 4. The summed E-state index contributed by atoms with van der Waals surface area (Å²) in [6.45, 7) is 0.702. The zero-order valence-electron chi connectivity index (χ0n) is 12.9. The summed E-state index contributed by atoms with van der Waals surface area (Å²) in [5.74, 6) is 1.08. The van der Waals surface area contributed by atoms with Crippen LogP contribution in [0.1, 0.15) is 5.56 Å². The van der Waals surface area contributed by atoms with Crippen molar-refractivity contribution in [3.8, 4) is 11.5 Å². The van der Waals surface area contributed by atoms with E-state index in [1.807, 2.05) is 24.3 Å². The molecule has 2 aromatic rings. The van der Waals surface area contributed by atoms with Gasteiger partial charge in [-0.05, 0) is 35.9 Å². The van der Waals surface area contributed by atoms with E-state index in [0.717, 1.165) is 5.56 Å². The SMILES string of the molecule is O=C(N/C=C/c1ccc(F)cc1)NCC1COc2ccccc2O1. The van der Waals surface area contributed by atoms with Gasteiger partial charge in [0.1, 0.15) is 12.4 Å². The number of fused-ring (bicyclic) bond motifs is 1. The van der Waals surface area contributed by atoms with Crippen LogP contribution in [0.3, 0.4) is 0 Å². The van der Waals surface area contributed by atoms with Crippen LogP contribution in [0.25, 0.3) is 6.08 Å². The molecular weight excluding hydrogens is 311 g/mol. The molecular formula is C18H17FN2O3. The van der Waals surface area contributed by atoms with Gasteiger partial charge in [-0.1, -0.05) is 24.3 Å². The zero-order valence-corrected chi connectivity index (χ0v) is 12.9. The normalized spacial score (nSPS) is 16.0. The van der Waals surface area contributed by atoms with Crippen LogP contribution in [0.4, 0.5) is 9.18 Å². The zero-order chi connectivity index (χ0) is 16.8. The van der Waals surface area contributed by atoms with Crippen molar-refractivity contribution in [1.29, 1.82) is 0 Å². The largest absolute Gasteiger partial charge is 0.486 e. The molecule has 124 valence electrons. The summed E-state index contributed by atoms with van der Waals surface area (Å²) in [6.07, 6.45) is 2.93. The van der Waals surface area contributed by atoms with Crippen LogP contribution >= 0.6 is 0 Å². The predicted molar refractivity (Wildman–Crippen MR) is 88.3 cm³/mol. The van der Waals surface area contributed by atoms with Crippen molar-refractivity contribution >= 4 is 12.1 Å². The highest BCUT2D eigenvalue weighted by molar-refractivity contribution is 5.75. The number of ether oxygens (including phenoxy) is 2. The molecule has 1 atom stereocenters. The average Bonchev–Trinajstić information content (AvgIpc) is 2.61. The summed E-state index contributed by atoms with van der Waals surface area (Å²) in [5, 5.41) is 5.30. The highest BCUT2D eigenvalue weighted by atomic mass is 19.1. The number of urea groups is 1. The Morgan fingerprint density at radius 2 is 1.92 bits per heavy atom. The molecule has 0 fully saturated rings. The molecule has 1 aliphatic heterocycles. The fourth-order valence-electron chi connectivity index (χ4n) is 2.21. The van der Waals surface area contributed by atoms with E-state index >= 15 is 0 Å². The van der Waals surface area contributed by atoms with Crippen LogP contribution in [-0.4, -0.2) is 25.3 Å². The van der Waals surface area contributed by atoms with E-state index in [2.05, 4.69) is 10.6 Å². The molecule has 0 radical (unpaired) electrons. The molecule has 3 rings (SSSR count). The van der Waals surface area contributed by atoms with Crippen LogP contribution in [0.2, 0.25) is 0 Å². The molecule has 2 amide bonds. The lowest BCUT2D eigenvalue weighted by Gasteiger charge is -2.26. The van der Waals surface area contributed by atoms with Crippen LogP contribution in [0.15, 0.2) is 54.7 Å². The Hall–Kier alpha value is -3.02. The van der Waals surface area contributed by atoms with Gasteiger partial charge in [0, 0.05) is 6.20 Å². The monoisotopic (exact) mass is 328 g/mol. The number of para-hydroxylation sites is 2. The van der Waals surface area contributed by atoms with Gasteiger partial charge in [0.2, 0.25) is 0 Å². The molecule has 0 bridgehead atoms. The fraction of sp³-hybridized carbons (Fsp3) is 0.167. The first-order valence-corrected chi connectivity index (χ1v) is 7.56. The van der Waals surface area contributed by atoms with Gasteiger partial charge in [-0.3, -0.25) is 0 Å². The summed E-state index contributed by atoms with van der Waals surface area (Å²) in [7, 11) is 0. The maximum atomic E-state index is 12.8. The summed E-state index contributed by atoms with van der Waals surface area (Å²) < 4.78 is 24.1. The Bertz CT molecular complexity index is 731. The first-order chi connectivity index (χ1) is 11.7. The number of nitrogens with one attached hydrogen (secondary N) is 2. The van der Waals surface area contributed by atoms with Crippen molar-refractivity contribution in [1.82, 2.24) is 10.6 Å². The fourth-order valence-corrected chi connectivity index (χ4v) is 2.21. The third-order valence-electron chi connectivity index (χ3n) is 3.42. The highest BCUT2D eigenvalue weighted by Crippen LogP contribution is 2.30. The number of benzene rings is 2. The van der Waals surface area contributed by atoms with Crippen molar-refractivity contribution in [3.05, 3.63) is 66.1 Å². The lowest BCUT2D eigenvalue weighted by molar-refractivity contribution is 0.0919. The third kappa shape index (κ3) is 4.25. The van der Waals surface area contributed by atoms with Crippen molar-refractivity contribution in [2.45, 2.75) is 6.10 Å². The van der Waals surface area contributed by atoms with Gasteiger partial charge < -0.3 is 20.1 Å². The Balaban J connectivity index is 1.42. The smallest absolute Gasteiger partial charge is 0.318 e. The molecule has 0 spiro atoms. The number of amides is 2. The van der Waals surface area contributed by atoms with E-state index in [0.29, 0.717) is 24.7 Å². The van der Waals surface area contributed by atoms with Crippen molar-refractivity contribution in [3.63, 3.8) is 0 Å². The van der Waals surface area contributed by atoms with E-state index in [4.69, 9.17) is 9.47 Å². The van der Waals surface area contributed by atoms with E-state index in [9.17, 15) is 9.18 Å². The molecule has 24 heavy (non-hydrogen) atoms. The quantitative estimate of drug-likeness (QED) is 0.907. The first kappa shape index (κ1) is 15.9. The summed E-state index contributed by atoms with van der Waals surface area (Å²) in [4.78, 5) is 11.7. The van der Waals surface area contributed by atoms with E-state index in [1.165, 1.54) is 18.3 Å². The molecule has 1 unspecified atom stereocenters. The molecule has 0 saturated carbocycles. The molecule has 1 aliphatic rings. The number of halogens is 1. The van der Waals surface area contributed by atoms with Gasteiger partial charge in [0.25, 0.3) is 0 Å². The van der Waals surface area contributed by atoms with Gasteiger partial charge in [-0.2, -0.15) is 0 Å². The first-order valence-electron chi connectivity index (χ1n) is 7.56. The number of carbonyl (C=O) groups excluding carboxylic acids is 1. The van der Waals surface area contributed by atoms with Gasteiger partial charge in [-0.25, -0.2) is 9.18 Å². The topological polar surface area (TPSA) is 59.6 Å². The molecule has 5 nitrogen and oxygen atoms in total. The van der Waals surface area contributed by atoms with Crippen LogP contribution in [0, 0.1) is 5.82 Å². The second-order valence-corrected chi connectivity index (χ2v) is 5.24. The van der Waals surface area contributed by atoms with Gasteiger partial charge in [-0.15, -0.1) is 0 Å². The lowest BCUT2D eigenvalue weighted by atomic mass is 10.2. The van der Waals surface area contributed by atoms with Gasteiger partial charge >= 0.3 is 6.03 Å². The average molecular weight is 328 g/mol. The third-order valence-corrected chi connectivity index (χ3v) is 3.42. The van der Waals surface area contributed by atoms with E-state index in [-0.39, 0.29) is 18.0 Å². The molecule has 2 aromatic carbocycles. The Morgan fingerprint density at radius 3 is 2.71 bits per heavy atom. The van der Waals surface area contributed by atoms with Crippen LogP contribution in [-0.2, 0) is 0 Å². The number of hydrogen-bond acceptors (Lipinski definition) is 3. The van der Waals surface area contributed by atoms with E-state index < -0.39 is 0 Å². The number of hydrogen-bond donors (Lipinski definition) is 2.